The molecule has 1 saturated heterocycles. The van der Waals surface area contributed by atoms with Crippen molar-refractivity contribution in [3.8, 4) is 0 Å². The van der Waals surface area contributed by atoms with E-state index in [1.807, 2.05) is 0 Å². The second-order valence-corrected chi connectivity index (χ2v) is 8.95. The van der Waals surface area contributed by atoms with Gasteiger partial charge in [0.1, 0.15) is 0 Å². The van der Waals surface area contributed by atoms with Crippen molar-refractivity contribution in [3.05, 3.63) is 0 Å². The Kier molecular flexibility index (Phi) is 3.61. The van der Waals surface area contributed by atoms with Gasteiger partial charge < -0.3 is 5.32 Å². The number of hydrogen-bond donors (Lipinski definition) is 1. The lowest BCUT2D eigenvalue weighted by Gasteiger charge is -2.56. The Bertz CT molecular complexity index is 379. The average molecular weight is 290 g/mol. The molecule has 2 heteroatoms. The predicted octanol–water partition coefficient (Wildman–Crippen LogP) is 3.95. The molecule has 120 valence electrons. The van der Waals surface area contributed by atoms with Crippen LogP contribution < -0.4 is 5.32 Å². The minimum Gasteiger partial charge on any atom is -0.308 e. The Morgan fingerprint density at radius 1 is 0.810 bits per heavy atom. The molecule has 0 spiro atoms. The van der Waals surface area contributed by atoms with Crippen molar-refractivity contribution in [1.82, 2.24) is 10.2 Å². The summed E-state index contributed by atoms with van der Waals surface area (Å²) in [4.78, 5) is 3.02. The van der Waals surface area contributed by atoms with Gasteiger partial charge in [-0.05, 0) is 64.2 Å². The molecule has 21 heavy (non-hydrogen) atoms. The summed E-state index contributed by atoms with van der Waals surface area (Å²) in [6.07, 6.45) is 14.7. The molecule has 1 aliphatic heterocycles. The first kappa shape index (κ1) is 14.5. The second kappa shape index (κ2) is 5.23. The monoisotopic (exact) mass is 290 g/mol. The lowest BCUT2D eigenvalue weighted by Crippen LogP contribution is -2.71. The van der Waals surface area contributed by atoms with E-state index in [9.17, 15) is 0 Å². The zero-order valence-electron chi connectivity index (χ0n) is 14.2. The van der Waals surface area contributed by atoms with Gasteiger partial charge in [0.15, 0.2) is 0 Å². The summed E-state index contributed by atoms with van der Waals surface area (Å²) in [6.45, 7) is 7.65. The highest BCUT2D eigenvalue weighted by molar-refractivity contribution is 5.12. The summed E-state index contributed by atoms with van der Waals surface area (Å²) in [5.74, 6) is 1.92. The van der Waals surface area contributed by atoms with Gasteiger partial charge in [-0.25, -0.2) is 0 Å². The third kappa shape index (κ3) is 2.67. The van der Waals surface area contributed by atoms with Crippen molar-refractivity contribution in [3.63, 3.8) is 0 Å². The molecular weight excluding hydrogens is 256 g/mol. The van der Waals surface area contributed by atoms with Crippen LogP contribution in [0.2, 0.25) is 0 Å². The molecule has 0 amide bonds. The van der Waals surface area contributed by atoms with Gasteiger partial charge in [-0.2, -0.15) is 0 Å². The normalized spacial score (nSPS) is 43.7. The third-order valence-electron chi connectivity index (χ3n) is 7.21. The van der Waals surface area contributed by atoms with Crippen molar-refractivity contribution in [2.24, 2.45) is 11.8 Å². The van der Waals surface area contributed by atoms with E-state index >= 15 is 0 Å². The van der Waals surface area contributed by atoms with E-state index in [4.69, 9.17) is 0 Å². The smallest absolute Gasteiger partial charge is 0.0337 e. The van der Waals surface area contributed by atoms with Gasteiger partial charge >= 0.3 is 0 Å². The van der Waals surface area contributed by atoms with Crippen LogP contribution in [0.5, 0.6) is 0 Å². The molecule has 0 aromatic carbocycles. The second-order valence-electron chi connectivity index (χ2n) is 8.95. The van der Waals surface area contributed by atoms with Crippen LogP contribution >= 0.6 is 0 Å². The van der Waals surface area contributed by atoms with Crippen LogP contribution in [-0.4, -0.2) is 35.1 Å². The first-order valence-electron chi connectivity index (χ1n) is 9.64. The molecule has 2 atom stereocenters. The average Bonchev–Trinajstić information content (AvgIpc) is 3.35. The summed E-state index contributed by atoms with van der Waals surface area (Å²) in [6, 6.07) is 0.873. The predicted molar refractivity (Wildman–Crippen MR) is 88.5 cm³/mol. The van der Waals surface area contributed by atoms with Crippen molar-refractivity contribution in [1.29, 1.82) is 0 Å². The number of piperazine rings is 1. The van der Waals surface area contributed by atoms with Crippen LogP contribution in [0.1, 0.15) is 78.1 Å². The topological polar surface area (TPSA) is 15.3 Å². The fourth-order valence-electron chi connectivity index (χ4n) is 5.27. The van der Waals surface area contributed by atoms with Gasteiger partial charge in [0.25, 0.3) is 0 Å². The van der Waals surface area contributed by atoms with E-state index in [0.29, 0.717) is 11.1 Å². The fourth-order valence-corrected chi connectivity index (χ4v) is 5.27. The Morgan fingerprint density at radius 2 is 1.43 bits per heavy atom. The highest BCUT2D eigenvalue weighted by Crippen LogP contribution is 2.50. The highest BCUT2D eigenvalue weighted by Gasteiger charge is 2.55. The first-order valence-corrected chi connectivity index (χ1v) is 9.64. The molecule has 3 saturated carbocycles. The molecule has 0 aromatic rings. The number of rotatable bonds is 3. The maximum atomic E-state index is 4.01. The number of nitrogens with zero attached hydrogens (tertiary/aromatic N) is 1. The molecule has 4 fully saturated rings. The van der Waals surface area contributed by atoms with Crippen molar-refractivity contribution in [2.45, 2.75) is 95.2 Å². The molecule has 2 unspecified atom stereocenters. The van der Waals surface area contributed by atoms with Gasteiger partial charge in [-0.1, -0.05) is 25.7 Å². The van der Waals surface area contributed by atoms with Gasteiger partial charge in [0.2, 0.25) is 0 Å². The maximum absolute atomic E-state index is 4.01. The largest absolute Gasteiger partial charge is 0.308 e. The van der Waals surface area contributed by atoms with Crippen LogP contribution in [0.4, 0.5) is 0 Å². The molecule has 1 heterocycles. The lowest BCUT2D eigenvalue weighted by atomic mass is 9.81. The summed E-state index contributed by atoms with van der Waals surface area (Å²) >= 11 is 0. The SMILES string of the molecule is CC1(C2CC2)CN(C2CCCCCC2)C(C)(C2CC2)CN1. The quantitative estimate of drug-likeness (QED) is 0.792. The Labute approximate surface area is 131 Å². The zero-order valence-corrected chi connectivity index (χ0v) is 14.2. The molecular formula is C19H34N2. The van der Waals surface area contributed by atoms with Crippen molar-refractivity contribution < 1.29 is 0 Å². The summed E-state index contributed by atoms with van der Waals surface area (Å²) in [5.41, 5.74) is 0.851. The minimum atomic E-state index is 0.403. The Balaban J connectivity index is 1.57. The van der Waals surface area contributed by atoms with E-state index < -0.39 is 0 Å². The van der Waals surface area contributed by atoms with Crippen LogP contribution in [0.3, 0.4) is 0 Å². The molecule has 1 N–H and O–H groups in total. The van der Waals surface area contributed by atoms with E-state index in [-0.39, 0.29) is 0 Å². The van der Waals surface area contributed by atoms with Gasteiger partial charge in [0, 0.05) is 30.2 Å². The number of nitrogens with one attached hydrogen (secondary N) is 1. The maximum Gasteiger partial charge on any atom is 0.0337 e. The minimum absolute atomic E-state index is 0.403. The molecule has 4 rings (SSSR count). The fraction of sp³-hybridized carbons (Fsp3) is 1.00. The summed E-state index contributed by atoms with van der Waals surface area (Å²) in [7, 11) is 0. The zero-order chi connectivity index (χ0) is 14.5. The van der Waals surface area contributed by atoms with Crippen molar-refractivity contribution >= 4 is 0 Å². The van der Waals surface area contributed by atoms with Crippen LogP contribution in [0, 0.1) is 11.8 Å². The summed E-state index contributed by atoms with van der Waals surface area (Å²) in [5, 5.41) is 4.01. The van der Waals surface area contributed by atoms with Gasteiger partial charge in [-0.3, -0.25) is 4.90 Å². The summed E-state index contributed by atoms with van der Waals surface area (Å²) < 4.78 is 0. The Morgan fingerprint density at radius 3 is 2.00 bits per heavy atom. The molecule has 4 aliphatic rings. The lowest BCUT2D eigenvalue weighted by molar-refractivity contribution is -0.0360. The molecule has 3 aliphatic carbocycles. The van der Waals surface area contributed by atoms with Crippen LogP contribution in [-0.2, 0) is 0 Å². The molecule has 2 nitrogen and oxygen atoms in total. The molecule has 0 radical (unpaired) electrons. The van der Waals surface area contributed by atoms with Gasteiger partial charge in [0.05, 0.1) is 0 Å². The van der Waals surface area contributed by atoms with Gasteiger partial charge in [-0.15, -0.1) is 0 Å². The number of hydrogen-bond acceptors (Lipinski definition) is 2. The Hall–Kier alpha value is -0.0800. The van der Waals surface area contributed by atoms with Crippen LogP contribution in [0.15, 0.2) is 0 Å². The highest BCUT2D eigenvalue weighted by atomic mass is 15.3. The first-order chi connectivity index (χ1) is 10.1. The van der Waals surface area contributed by atoms with Crippen LogP contribution in [0.25, 0.3) is 0 Å². The molecule has 0 aromatic heterocycles. The van der Waals surface area contributed by atoms with E-state index in [1.54, 1.807) is 0 Å². The molecule has 0 bridgehead atoms. The van der Waals surface area contributed by atoms with E-state index in [1.165, 1.54) is 77.3 Å². The van der Waals surface area contributed by atoms with E-state index in [0.717, 1.165) is 17.9 Å². The van der Waals surface area contributed by atoms with E-state index in [2.05, 4.69) is 24.1 Å². The third-order valence-corrected chi connectivity index (χ3v) is 7.21. The standard InChI is InChI=1S/C19H34N2/c1-18(15-9-10-15)14-21(17-7-5-3-4-6-8-17)19(2,13-20-18)16-11-12-16/h15-17,20H,3-14H2,1-2H3. The van der Waals surface area contributed by atoms with Crippen molar-refractivity contribution in [2.75, 3.05) is 13.1 Å².